The summed E-state index contributed by atoms with van der Waals surface area (Å²) in [7, 11) is 0. The molecule has 0 radical (unpaired) electrons. The van der Waals surface area contributed by atoms with Crippen molar-refractivity contribution in [3.63, 3.8) is 0 Å². The van der Waals surface area contributed by atoms with Gasteiger partial charge in [-0.2, -0.15) is 0 Å². The van der Waals surface area contributed by atoms with E-state index < -0.39 is 0 Å². The number of piperidine rings is 1. The lowest BCUT2D eigenvalue weighted by Gasteiger charge is -2.33. The van der Waals surface area contributed by atoms with Gasteiger partial charge >= 0.3 is 0 Å². The van der Waals surface area contributed by atoms with Gasteiger partial charge in [0.05, 0.1) is 0 Å². The van der Waals surface area contributed by atoms with Crippen molar-refractivity contribution in [2.75, 3.05) is 18.0 Å². The second kappa shape index (κ2) is 8.50. The molecule has 6 heteroatoms. The van der Waals surface area contributed by atoms with E-state index in [0.29, 0.717) is 5.92 Å². The van der Waals surface area contributed by atoms with E-state index in [1.54, 1.807) is 0 Å². The third-order valence-electron chi connectivity index (χ3n) is 5.34. The molecule has 28 heavy (non-hydrogen) atoms. The number of hydrogen-bond acceptors (Lipinski definition) is 5. The van der Waals surface area contributed by atoms with E-state index in [9.17, 15) is 0 Å². The Morgan fingerprint density at radius 2 is 2.00 bits per heavy atom. The zero-order valence-corrected chi connectivity index (χ0v) is 16.8. The van der Waals surface area contributed by atoms with Crippen LogP contribution in [0.3, 0.4) is 0 Å². The van der Waals surface area contributed by atoms with E-state index >= 15 is 0 Å². The number of aryl methyl sites for hydroxylation is 2. The summed E-state index contributed by atoms with van der Waals surface area (Å²) in [4.78, 5) is 20.6. The van der Waals surface area contributed by atoms with Crippen LogP contribution >= 0.6 is 0 Å². The number of anilines is 1. The molecule has 1 fully saturated rings. The van der Waals surface area contributed by atoms with Crippen LogP contribution in [0.4, 0.5) is 5.82 Å². The summed E-state index contributed by atoms with van der Waals surface area (Å²) < 4.78 is 2.28. The highest BCUT2D eigenvalue weighted by atomic mass is 15.2. The molecule has 0 aromatic carbocycles. The van der Waals surface area contributed by atoms with E-state index in [4.69, 9.17) is 9.97 Å². The molecule has 1 atom stereocenters. The highest BCUT2D eigenvalue weighted by Crippen LogP contribution is 2.29. The highest BCUT2D eigenvalue weighted by Gasteiger charge is 2.26. The van der Waals surface area contributed by atoms with E-state index in [-0.39, 0.29) is 0 Å². The van der Waals surface area contributed by atoms with Crippen molar-refractivity contribution in [2.45, 2.75) is 52.0 Å². The summed E-state index contributed by atoms with van der Waals surface area (Å²) >= 11 is 0. The fraction of sp³-hybridized carbons (Fsp3) is 0.455. The zero-order chi connectivity index (χ0) is 19.3. The van der Waals surface area contributed by atoms with Crippen LogP contribution in [0.5, 0.6) is 0 Å². The quantitative estimate of drug-likeness (QED) is 0.655. The molecule has 4 heterocycles. The molecule has 3 aromatic heterocycles. The summed E-state index contributed by atoms with van der Waals surface area (Å²) in [6, 6.07) is 6.30. The monoisotopic (exact) mass is 376 g/mol. The fourth-order valence-electron chi connectivity index (χ4n) is 4.05. The number of hydrogen-bond donors (Lipinski definition) is 0. The SMILES string of the molecule is CCCc1cc(N2CCC[C@@H](c3nccn3Cc3ccncc3)C2)nc(C)n1. The van der Waals surface area contributed by atoms with Crippen molar-refractivity contribution < 1.29 is 0 Å². The Labute approximate surface area is 166 Å². The molecular weight excluding hydrogens is 348 g/mol. The second-order valence-corrected chi connectivity index (χ2v) is 7.57. The molecule has 4 rings (SSSR count). The minimum Gasteiger partial charge on any atom is -0.356 e. The summed E-state index contributed by atoms with van der Waals surface area (Å²) in [5.41, 5.74) is 2.39. The van der Waals surface area contributed by atoms with Crippen LogP contribution in [0.15, 0.2) is 43.0 Å². The molecule has 1 saturated heterocycles. The van der Waals surface area contributed by atoms with E-state index in [1.165, 1.54) is 11.4 Å². The Hall–Kier alpha value is -2.76. The number of aromatic nitrogens is 5. The van der Waals surface area contributed by atoms with Gasteiger partial charge in [0.2, 0.25) is 0 Å². The Balaban J connectivity index is 1.53. The van der Waals surface area contributed by atoms with Crippen molar-refractivity contribution in [3.05, 3.63) is 65.9 Å². The first-order valence-electron chi connectivity index (χ1n) is 10.2. The number of imidazole rings is 1. The van der Waals surface area contributed by atoms with Crippen molar-refractivity contribution in [2.24, 2.45) is 0 Å². The first-order valence-corrected chi connectivity index (χ1v) is 10.2. The minimum atomic E-state index is 0.412. The molecule has 0 spiro atoms. The first kappa shape index (κ1) is 18.6. The second-order valence-electron chi connectivity index (χ2n) is 7.57. The predicted molar refractivity (Wildman–Crippen MR) is 111 cm³/mol. The smallest absolute Gasteiger partial charge is 0.132 e. The normalized spacial score (nSPS) is 17.1. The molecular formula is C22H28N6. The summed E-state index contributed by atoms with van der Waals surface area (Å²) in [6.45, 7) is 7.02. The van der Waals surface area contributed by atoms with Crippen molar-refractivity contribution in [1.82, 2.24) is 24.5 Å². The molecule has 0 aliphatic carbocycles. The van der Waals surface area contributed by atoms with E-state index in [0.717, 1.165) is 62.7 Å². The lowest BCUT2D eigenvalue weighted by atomic mass is 9.97. The van der Waals surface area contributed by atoms with Crippen molar-refractivity contribution in [3.8, 4) is 0 Å². The summed E-state index contributed by atoms with van der Waals surface area (Å²) in [6.07, 6.45) is 12.1. The van der Waals surface area contributed by atoms with Gasteiger partial charge in [-0.25, -0.2) is 15.0 Å². The molecule has 0 amide bonds. The van der Waals surface area contributed by atoms with Crippen LogP contribution in [-0.2, 0) is 13.0 Å². The van der Waals surface area contributed by atoms with Gasteiger partial charge in [-0.3, -0.25) is 4.98 Å². The third kappa shape index (κ3) is 4.21. The van der Waals surface area contributed by atoms with E-state index in [2.05, 4.69) is 50.8 Å². The predicted octanol–water partition coefficient (Wildman–Crippen LogP) is 3.76. The van der Waals surface area contributed by atoms with Gasteiger partial charge in [-0.05, 0) is 43.9 Å². The van der Waals surface area contributed by atoms with Crippen LogP contribution in [-0.4, -0.2) is 37.6 Å². The maximum Gasteiger partial charge on any atom is 0.132 e. The molecule has 1 aliphatic heterocycles. The van der Waals surface area contributed by atoms with Gasteiger partial charge in [0.1, 0.15) is 17.5 Å². The molecule has 0 bridgehead atoms. The standard InChI is InChI=1S/C22H28N6/c1-3-5-20-14-21(26-17(2)25-20)27-12-4-6-19(16-27)22-24-11-13-28(22)15-18-7-9-23-10-8-18/h7-11,13-14,19H,3-6,12,15-16H2,1-2H3/t19-/m1/s1. The van der Waals surface area contributed by atoms with Gasteiger partial charge in [0, 0.05) is 62.1 Å². The number of nitrogens with zero attached hydrogens (tertiary/aromatic N) is 6. The van der Waals surface area contributed by atoms with Gasteiger partial charge in [-0.15, -0.1) is 0 Å². The average molecular weight is 377 g/mol. The Morgan fingerprint density at radius 1 is 1.14 bits per heavy atom. The molecule has 3 aromatic rings. The molecule has 1 aliphatic rings. The maximum atomic E-state index is 4.73. The molecule has 146 valence electrons. The summed E-state index contributed by atoms with van der Waals surface area (Å²) in [5, 5.41) is 0. The largest absolute Gasteiger partial charge is 0.356 e. The molecule has 0 unspecified atom stereocenters. The highest BCUT2D eigenvalue weighted by molar-refractivity contribution is 5.41. The fourth-order valence-corrected chi connectivity index (χ4v) is 4.05. The Morgan fingerprint density at radius 3 is 2.82 bits per heavy atom. The van der Waals surface area contributed by atoms with Crippen molar-refractivity contribution in [1.29, 1.82) is 0 Å². The molecule has 0 saturated carbocycles. The zero-order valence-electron chi connectivity index (χ0n) is 16.8. The van der Waals surface area contributed by atoms with Gasteiger partial charge < -0.3 is 9.47 Å². The minimum absolute atomic E-state index is 0.412. The maximum absolute atomic E-state index is 4.73. The number of pyridine rings is 1. The van der Waals surface area contributed by atoms with Crippen LogP contribution in [0.25, 0.3) is 0 Å². The van der Waals surface area contributed by atoms with Crippen LogP contribution in [0, 0.1) is 6.92 Å². The Bertz CT molecular complexity index is 904. The molecule has 0 N–H and O–H groups in total. The van der Waals surface area contributed by atoms with Crippen LogP contribution in [0.1, 0.15) is 55.0 Å². The third-order valence-corrected chi connectivity index (χ3v) is 5.34. The van der Waals surface area contributed by atoms with Gasteiger partial charge in [-0.1, -0.05) is 13.3 Å². The van der Waals surface area contributed by atoms with Crippen LogP contribution in [0.2, 0.25) is 0 Å². The average Bonchev–Trinajstić information content (AvgIpc) is 3.17. The van der Waals surface area contributed by atoms with E-state index in [1.807, 2.05) is 25.5 Å². The van der Waals surface area contributed by atoms with Gasteiger partial charge in [0.25, 0.3) is 0 Å². The lowest BCUT2D eigenvalue weighted by molar-refractivity contribution is 0.473. The van der Waals surface area contributed by atoms with Gasteiger partial charge in [0.15, 0.2) is 0 Å². The Kier molecular flexibility index (Phi) is 5.65. The van der Waals surface area contributed by atoms with Crippen LogP contribution < -0.4 is 4.90 Å². The molecule has 6 nitrogen and oxygen atoms in total. The number of rotatable bonds is 6. The topological polar surface area (TPSA) is 59.7 Å². The summed E-state index contributed by atoms with van der Waals surface area (Å²) in [5.74, 6) is 3.51. The van der Waals surface area contributed by atoms with Crippen molar-refractivity contribution >= 4 is 5.82 Å². The first-order chi connectivity index (χ1) is 13.7. The lowest BCUT2D eigenvalue weighted by Crippen LogP contribution is -2.36.